The number of nitrogens with zero attached hydrogens (tertiary/aromatic N) is 2. The lowest BCUT2D eigenvalue weighted by molar-refractivity contribution is -0.115. The molecular formula is C9H20N2O. The number of hydrogen-bond donors (Lipinski definition) is 0. The van der Waals surface area contributed by atoms with Crippen molar-refractivity contribution in [1.29, 1.82) is 0 Å². The molecule has 0 saturated carbocycles. The first-order valence-electron chi connectivity index (χ1n) is 4.65. The summed E-state index contributed by atoms with van der Waals surface area (Å²) < 4.78 is 5.65. The van der Waals surface area contributed by atoms with Crippen LogP contribution in [0.2, 0.25) is 0 Å². The van der Waals surface area contributed by atoms with Crippen molar-refractivity contribution < 1.29 is 4.74 Å². The number of ether oxygens (including phenoxy) is 1. The maximum atomic E-state index is 5.65. The van der Waals surface area contributed by atoms with Gasteiger partial charge in [0, 0.05) is 27.2 Å². The molecule has 0 aromatic heterocycles. The van der Waals surface area contributed by atoms with Gasteiger partial charge in [-0.15, -0.1) is 0 Å². The largest absolute Gasteiger partial charge is 0.375 e. The Morgan fingerprint density at radius 3 is 2.58 bits per heavy atom. The normalized spacial score (nSPS) is 27.0. The average Bonchev–Trinajstić information content (AvgIpc) is 2.04. The van der Waals surface area contributed by atoms with Gasteiger partial charge in [0.1, 0.15) is 0 Å². The molecule has 1 fully saturated rings. The van der Waals surface area contributed by atoms with E-state index in [4.69, 9.17) is 4.74 Å². The molecule has 0 N–H and O–H groups in total. The Bertz CT molecular complexity index is 122. The van der Waals surface area contributed by atoms with E-state index in [1.807, 2.05) is 0 Å². The van der Waals surface area contributed by atoms with Gasteiger partial charge in [0.25, 0.3) is 0 Å². The van der Waals surface area contributed by atoms with E-state index in [-0.39, 0.29) is 0 Å². The van der Waals surface area contributed by atoms with Crippen LogP contribution in [0.4, 0.5) is 0 Å². The van der Waals surface area contributed by atoms with Gasteiger partial charge < -0.3 is 4.74 Å². The highest BCUT2D eigenvalue weighted by Gasteiger charge is 2.23. The highest BCUT2D eigenvalue weighted by molar-refractivity contribution is 4.71. The number of hydrogen-bond acceptors (Lipinski definition) is 3. The molecule has 1 rings (SSSR count). The Hall–Kier alpha value is -0.120. The lowest BCUT2D eigenvalue weighted by atomic mass is 10.1. The molecule has 3 heteroatoms. The van der Waals surface area contributed by atoms with Gasteiger partial charge in [0.2, 0.25) is 0 Å². The van der Waals surface area contributed by atoms with Crippen LogP contribution in [0.25, 0.3) is 0 Å². The Morgan fingerprint density at radius 1 is 1.42 bits per heavy atom. The van der Waals surface area contributed by atoms with Crippen LogP contribution in [0.1, 0.15) is 13.8 Å². The Labute approximate surface area is 75.3 Å². The van der Waals surface area contributed by atoms with E-state index in [1.165, 1.54) is 0 Å². The van der Waals surface area contributed by atoms with E-state index in [2.05, 4.69) is 38.0 Å². The summed E-state index contributed by atoms with van der Waals surface area (Å²) in [6, 6.07) is 0. The summed E-state index contributed by atoms with van der Waals surface area (Å²) in [5.74, 6) is 0.618. The first kappa shape index (κ1) is 9.96. The van der Waals surface area contributed by atoms with Crippen LogP contribution in [0.15, 0.2) is 0 Å². The molecular weight excluding hydrogens is 152 g/mol. The van der Waals surface area contributed by atoms with Crippen molar-refractivity contribution in [3.8, 4) is 0 Å². The van der Waals surface area contributed by atoms with E-state index in [1.54, 1.807) is 0 Å². The van der Waals surface area contributed by atoms with Gasteiger partial charge in [-0.3, -0.25) is 0 Å². The molecule has 0 aromatic carbocycles. The second-order valence-corrected chi connectivity index (χ2v) is 3.91. The SMILES string of the molecule is CC(C)[C@@H]1CN(N(C)C)CCO1. The van der Waals surface area contributed by atoms with E-state index in [0.29, 0.717) is 12.0 Å². The molecule has 1 aliphatic heterocycles. The summed E-state index contributed by atoms with van der Waals surface area (Å²) >= 11 is 0. The highest BCUT2D eigenvalue weighted by atomic mass is 16.5. The zero-order chi connectivity index (χ0) is 9.14. The number of rotatable bonds is 2. The van der Waals surface area contributed by atoms with Gasteiger partial charge in [0.15, 0.2) is 0 Å². The molecule has 1 saturated heterocycles. The molecule has 3 nitrogen and oxygen atoms in total. The van der Waals surface area contributed by atoms with Crippen molar-refractivity contribution in [3.05, 3.63) is 0 Å². The van der Waals surface area contributed by atoms with Crippen LogP contribution in [0.3, 0.4) is 0 Å². The quantitative estimate of drug-likeness (QED) is 0.613. The summed E-state index contributed by atoms with van der Waals surface area (Å²) in [7, 11) is 4.17. The van der Waals surface area contributed by atoms with Crippen LogP contribution in [0, 0.1) is 5.92 Å². The highest BCUT2D eigenvalue weighted by Crippen LogP contribution is 2.13. The Kier molecular flexibility index (Phi) is 3.50. The number of hydrazine groups is 1. The molecule has 0 amide bonds. The molecule has 0 radical (unpaired) electrons. The smallest absolute Gasteiger partial charge is 0.0739 e. The third-order valence-electron chi connectivity index (χ3n) is 2.38. The van der Waals surface area contributed by atoms with Gasteiger partial charge in [-0.05, 0) is 5.92 Å². The average molecular weight is 172 g/mol. The van der Waals surface area contributed by atoms with E-state index in [0.717, 1.165) is 19.7 Å². The van der Waals surface area contributed by atoms with Gasteiger partial charge >= 0.3 is 0 Å². The van der Waals surface area contributed by atoms with Crippen LogP contribution in [-0.2, 0) is 4.74 Å². The monoisotopic (exact) mass is 172 g/mol. The molecule has 0 unspecified atom stereocenters. The van der Waals surface area contributed by atoms with Crippen molar-refractivity contribution >= 4 is 0 Å². The van der Waals surface area contributed by atoms with Gasteiger partial charge in [-0.25, -0.2) is 10.0 Å². The summed E-state index contributed by atoms with van der Waals surface area (Å²) in [4.78, 5) is 0. The first-order chi connectivity index (χ1) is 5.61. The lowest BCUT2D eigenvalue weighted by Gasteiger charge is -2.38. The van der Waals surface area contributed by atoms with Crippen LogP contribution < -0.4 is 0 Å². The Morgan fingerprint density at radius 2 is 2.08 bits per heavy atom. The molecule has 1 atom stereocenters. The van der Waals surface area contributed by atoms with Crippen molar-refractivity contribution in [2.24, 2.45) is 5.92 Å². The fraction of sp³-hybridized carbons (Fsp3) is 1.00. The summed E-state index contributed by atoms with van der Waals surface area (Å²) in [5, 5.41) is 4.48. The van der Waals surface area contributed by atoms with Crippen molar-refractivity contribution in [2.45, 2.75) is 20.0 Å². The molecule has 12 heavy (non-hydrogen) atoms. The third-order valence-corrected chi connectivity index (χ3v) is 2.38. The minimum absolute atomic E-state index is 0.404. The third kappa shape index (κ3) is 2.44. The predicted molar refractivity (Wildman–Crippen MR) is 49.8 cm³/mol. The van der Waals surface area contributed by atoms with Crippen molar-refractivity contribution in [2.75, 3.05) is 33.8 Å². The first-order valence-corrected chi connectivity index (χ1v) is 4.65. The minimum atomic E-state index is 0.404. The second-order valence-electron chi connectivity index (χ2n) is 3.91. The Balaban J connectivity index is 2.40. The maximum absolute atomic E-state index is 5.65. The fourth-order valence-electron chi connectivity index (χ4n) is 1.43. The number of morpholine rings is 1. The predicted octanol–water partition coefficient (Wildman–Crippen LogP) is 0.820. The van der Waals surface area contributed by atoms with Gasteiger partial charge in [0.05, 0.1) is 12.7 Å². The molecule has 1 heterocycles. The molecule has 0 aromatic rings. The minimum Gasteiger partial charge on any atom is -0.375 e. The maximum Gasteiger partial charge on any atom is 0.0739 e. The van der Waals surface area contributed by atoms with Crippen LogP contribution >= 0.6 is 0 Å². The molecule has 0 bridgehead atoms. The van der Waals surface area contributed by atoms with Crippen molar-refractivity contribution in [1.82, 2.24) is 10.0 Å². The van der Waals surface area contributed by atoms with Gasteiger partial charge in [-0.2, -0.15) is 0 Å². The molecule has 0 aliphatic carbocycles. The van der Waals surface area contributed by atoms with Crippen LogP contribution in [-0.4, -0.2) is 49.9 Å². The van der Waals surface area contributed by atoms with E-state index in [9.17, 15) is 0 Å². The van der Waals surface area contributed by atoms with E-state index < -0.39 is 0 Å². The van der Waals surface area contributed by atoms with E-state index >= 15 is 0 Å². The van der Waals surface area contributed by atoms with Gasteiger partial charge in [-0.1, -0.05) is 13.8 Å². The molecule has 1 aliphatic rings. The van der Waals surface area contributed by atoms with Crippen molar-refractivity contribution in [3.63, 3.8) is 0 Å². The summed E-state index contributed by atoms with van der Waals surface area (Å²) in [6.45, 7) is 7.34. The topological polar surface area (TPSA) is 15.7 Å². The molecule has 0 spiro atoms. The summed E-state index contributed by atoms with van der Waals surface area (Å²) in [5.41, 5.74) is 0. The molecule has 72 valence electrons. The lowest BCUT2D eigenvalue weighted by Crippen LogP contribution is -2.50. The standard InChI is InChI=1S/C9H20N2O/c1-8(2)9-7-11(10(3)4)5-6-12-9/h8-9H,5-7H2,1-4H3/t9-/m0/s1. The second kappa shape index (κ2) is 4.21. The fourth-order valence-corrected chi connectivity index (χ4v) is 1.43. The zero-order valence-electron chi connectivity index (χ0n) is 8.58. The van der Waals surface area contributed by atoms with Crippen LogP contribution in [0.5, 0.6) is 0 Å². The zero-order valence-corrected chi connectivity index (χ0v) is 8.58. The summed E-state index contributed by atoms with van der Waals surface area (Å²) in [6.07, 6.45) is 0.404.